The number of aliphatic carboxylic acids is 3. The van der Waals surface area contributed by atoms with Crippen LogP contribution in [0.2, 0.25) is 0 Å². The Labute approximate surface area is 241 Å². The minimum atomic E-state index is -1.19. The Hall–Kier alpha value is -3.71. The van der Waals surface area contributed by atoms with E-state index in [-0.39, 0.29) is 33.0 Å². The van der Waals surface area contributed by atoms with Gasteiger partial charge in [0.1, 0.15) is 18.9 Å². The van der Waals surface area contributed by atoms with Gasteiger partial charge in [-0.05, 0) is 48.7 Å². The lowest BCUT2D eigenvalue weighted by molar-refractivity contribution is -0.149. The third-order valence-electron chi connectivity index (χ3n) is 6.78. The number of thioether (sulfide) groups is 1. The van der Waals surface area contributed by atoms with Gasteiger partial charge in [0.2, 0.25) is 0 Å². The Morgan fingerprint density at radius 1 is 0.902 bits per heavy atom. The standard InChI is InChI=1S/C26H34N4O10S/c27-14-41-21-7-5-19(6-8-21)9-20(30(15-39-17-31)16-40-18-32)10-28(11-24(33)34)22-3-1-2-4-23(22)29(12-25(35)36)13-26(37)38/h5-8,17-18,20,22-23H,1-4,9-13,15-16H2,(H,33,34)(H,35,36)(H,37,38). The van der Waals surface area contributed by atoms with Gasteiger partial charge >= 0.3 is 17.9 Å². The van der Waals surface area contributed by atoms with Crippen LogP contribution in [-0.2, 0) is 39.9 Å². The molecular formula is C26H34N4O10S. The molecule has 0 bridgehead atoms. The van der Waals surface area contributed by atoms with E-state index < -0.39 is 55.7 Å². The summed E-state index contributed by atoms with van der Waals surface area (Å²) in [5.74, 6) is -3.52. The van der Waals surface area contributed by atoms with Gasteiger partial charge in [0.05, 0.1) is 19.6 Å². The molecule has 15 heteroatoms. The van der Waals surface area contributed by atoms with Gasteiger partial charge in [0.25, 0.3) is 12.9 Å². The van der Waals surface area contributed by atoms with Crippen LogP contribution in [-0.4, -0.2) is 119 Å². The second kappa shape index (κ2) is 17.9. The summed E-state index contributed by atoms with van der Waals surface area (Å²) in [7, 11) is 0. The van der Waals surface area contributed by atoms with Crippen molar-refractivity contribution in [3.8, 4) is 5.40 Å². The zero-order valence-corrected chi connectivity index (χ0v) is 23.2. The number of carbonyl (C=O) groups is 5. The molecule has 1 aliphatic carbocycles. The third-order valence-corrected chi connectivity index (χ3v) is 7.38. The zero-order valence-electron chi connectivity index (χ0n) is 22.4. The number of hydrogen-bond donors (Lipinski definition) is 3. The highest BCUT2D eigenvalue weighted by Gasteiger charge is 2.38. The Kier molecular flexibility index (Phi) is 14.6. The molecule has 0 heterocycles. The third kappa shape index (κ3) is 11.7. The van der Waals surface area contributed by atoms with Crippen LogP contribution in [0.4, 0.5) is 0 Å². The molecule has 3 atom stereocenters. The zero-order chi connectivity index (χ0) is 30.2. The highest BCUT2D eigenvalue weighted by molar-refractivity contribution is 8.03. The number of ether oxygens (including phenoxy) is 2. The maximum absolute atomic E-state index is 12.0. The molecule has 0 spiro atoms. The van der Waals surface area contributed by atoms with Crippen LogP contribution >= 0.6 is 11.8 Å². The Morgan fingerprint density at radius 2 is 1.39 bits per heavy atom. The van der Waals surface area contributed by atoms with E-state index >= 15 is 0 Å². The molecule has 1 aromatic rings. The van der Waals surface area contributed by atoms with Gasteiger partial charge < -0.3 is 24.8 Å². The maximum Gasteiger partial charge on any atom is 0.317 e. The second-order valence-corrected chi connectivity index (χ2v) is 10.4. The lowest BCUT2D eigenvalue weighted by Gasteiger charge is -2.45. The fourth-order valence-electron chi connectivity index (χ4n) is 5.17. The molecule has 0 amide bonds. The van der Waals surface area contributed by atoms with Crippen LogP contribution in [0.5, 0.6) is 0 Å². The van der Waals surface area contributed by atoms with Gasteiger partial charge in [-0.1, -0.05) is 25.0 Å². The Balaban J connectivity index is 2.46. The van der Waals surface area contributed by atoms with Gasteiger partial charge in [0, 0.05) is 29.6 Å². The van der Waals surface area contributed by atoms with Crippen LogP contribution in [0.1, 0.15) is 31.2 Å². The largest absolute Gasteiger partial charge is 0.480 e. The SMILES string of the molecule is N#CSc1ccc(CC(CN(CC(=O)O)C2CCCCC2N(CC(=O)O)CC(=O)O)N(COC=O)COC=O)cc1. The van der Waals surface area contributed by atoms with Crippen molar-refractivity contribution in [1.29, 1.82) is 5.26 Å². The highest BCUT2D eigenvalue weighted by Crippen LogP contribution is 2.29. The summed E-state index contributed by atoms with van der Waals surface area (Å²) < 4.78 is 9.91. The molecule has 14 nitrogen and oxygen atoms in total. The number of carboxylic acids is 3. The van der Waals surface area contributed by atoms with E-state index in [4.69, 9.17) is 14.7 Å². The number of hydrogen-bond acceptors (Lipinski definition) is 12. The normalized spacial score (nSPS) is 17.5. The summed E-state index contributed by atoms with van der Waals surface area (Å²) in [4.78, 5) is 62.5. The van der Waals surface area contributed by atoms with Crippen molar-refractivity contribution in [2.24, 2.45) is 0 Å². The summed E-state index contributed by atoms with van der Waals surface area (Å²) in [5.41, 5.74) is 0.813. The molecule has 0 radical (unpaired) electrons. The minimum Gasteiger partial charge on any atom is -0.480 e. The van der Waals surface area contributed by atoms with Gasteiger partial charge in [-0.15, -0.1) is 0 Å². The Bertz CT molecular complexity index is 1040. The fraction of sp³-hybridized carbons (Fsp3) is 0.538. The lowest BCUT2D eigenvalue weighted by Crippen LogP contribution is -2.59. The van der Waals surface area contributed by atoms with Gasteiger partial charge in [-0.2, -0.15) is 5.26 Å². The molecule has 0 aromatic heterocycles. The Morgan fingerprint density at radius 3 is 1.85 bits per heavy atom. The van der Waals surface area contributed by atoms with Crippen molar-refractivity contribution in [2.45, 2.75) is 55.1 Å². The van der Waals surface area contributed by atoms with E-state index in [0.717, 1.165) is 35.1 Å². The van der Waals surface area contributed by atoms with E-state index in [1.165, 1.54) is 4.90 Å². The number of carbonyl (C=O) groups excluding carboxylic acids is 2. The van der Waals surface area contributed by atoms with Crippen LogP contribution in [0.25, 0.3) is 0 Å². The first-order valence-corrected chi connectivity index (χ1v) is 13.6. The van der Waals surface area contributed by atoms with E-state index in [0.29, 0.717) is 19.3 Å². The van der Waals surface area contributed by atoms with Crippen molar-refractivity contribution in [1.82, 2.24) is 14.7 Å². The number of thiocyanates is 1. The monoisotopic (exact) mass is 594 g/mol. The number of nitrogens with zero attached hydrogens (tertiary/aromatic N) is 4. The molecule has 3 unspecified atom stereocenters. The first-order chi connectivity index (χ1) is 19.7. The number of nitriles is 1. The smallest absolute Gasteiger partial charge is 0.317 e. The van der Waals surface area contributed by atoms with E-state index in [2.05, 4.69) is 0 Å². The second-order valence-electron chi connectivity index (χ2n) is 9.50. The van der Waals surface area contributed by atoms with Gasteiger partial charge in [0.15, 0.2) is 0 Å². The topological polar surface area (TPSA) is 198 Å². The molecule has 0 aliphatic heterocycles. The summed E-state index contributed by atoms with van der Waals surface area (Å²) in [5, 5.41) is 39.6. The molecule has 1 fully saturated rings. The number of carboxylic acid groups (broad SMARTS) is 3. The minimum absolute atomic E-state index is 0.0839. The van der Waals surface area contributed by atoms with Crippen LogP contribution in [0.15, 0.2) is 29.2 Å². The predicted molar refractivity (Wildman–Crippen MR) is 143 cm³/mol. The average Bonchev–Trinajstić information content (AvgIpc) is 2.92. The molecule has 1 aliphatic rings. The van der Waals surface area contributed by atoms with Crippen molar-refractivity contribution < 1.29 is 48.8 Å². The molecule has 0 saturated heterocycles. The first kappa shape index (κ1) is 33.5. The van der Waals surface area contributed by atoms with Crippen LogP contribution in [0, 0.1) is 10.7 Å². The molecule has 1 saturated carbocycles. The summed E-state index contributed by atoms with van der Waals surface area (Å²) in [6.07, 6.45) is 2.76. The van der Waals surface area contributed by atoms with E-state index in [1.54, 1.807) is 34.1 Å². The lowest BCUT2D eigenvalue weighted by atomic mass is 9.87. The summed E-state index contributed by atoms with van der Waals surface area (Å²) in [6.45, 7) is -1.41. The number of rotatable bonds is 20. The molecule has 2 rings (SSSR count). The summed E-state index contributed by atoms with van der Waals surface area (Å²) in [6, 6.07) is 5.54. The van der Waals surface area contributed by atoms with Crippen molar-refractivity contribution >= 4 is 42.6 Å². The maximum atomic E-state index is 12.0. The molecular weight excluding hydrogens is 560 g/mol. The number of benzene rings is 1. The van der Waals surface area contributed by atoms with Crippen molar-refractivity contribution in [3.63, 3.8) is 0 Å². The fourth-order valence-corrected chi connectivity index (χ4v) is 5.55. The van der Waals surface area contributed by atoms with Crippen LogP contribution < -0.4 is 0 Å². The van der Waals surface area contributed by atoms with Crippen LogP contribution in [0.3, 0.4) is 0 Å². The highest BCUT2D eigenvalue weighted by atomic mass is 32.2. The molecule has 41 heavy (non-hydrogen) atoms. The van der Waals surface area contributed by atoms with E-state index in [9.17, 15) is 39.3 Å². The quantitative estimate of drug-likeness (QED) is 0.0832. The van der Waals surface area contributed by atoms with Gasteiger partial charge in [-0.25, -0.2) is 4.90 Å². The summed E-state index contributed by atoms with van der Waals surface area (Å²) >= 11 is 0.994. The molecule has 224 valence electrons. The van der Waals surface area contributed by atoms with E-state index in [1.807, 2.05) is 5.40 Å². The van der Waals surface area contributed by atoms with Crippen molar-refractivity contribution in [2.75, 3.05) is 39.6 Å². The van der Waals surface area contributed by atoms with Gasteiger partial charge in [-0.3, -0.25) is 33.8 Å². The first-order valence-electron chi connectivity index (χ1n) is 12.8. The predicted octanol–water partition coefficient (Wildman–Crippen LogP) is 0.903. The van der Waals surface area contributed by atoms with Crippen molar-refractivity contribution in [3.05, 3.63) is 29.8 Å². The molecule has 1 aromatic carbocycles. The molecule has 3 N–H and O–H groups in total. The average molecular weight is 595 g/mol.